The molecule has 0 bridgehead atoms. The van der Waals surface area contributed by atoms with Gasteiger partial charge in [0.25, 0.3) is 0 Å². The molecule has 0 radical (unpaired) electrons. The molecule has 12 heavy (non-hydrogen) atoms. The molecule has 1 aromatic carbocycles. The van der Waals surface area contributed by atoms with Crippen molar-refractivity contribution < 1.29 is 4.74 Å². The van der Waals surface area contributed by atoms with Crippen LogP contribution in [0.5, 0.6) is 5.75 Å². The Morgan fingerprint density at radius 2 is 1.58 bits per heavy atom. The Labute approximate surface area is 86.5 Å². The van der Waals surface area contributed by atoms with Gasteiger partial charge in [0.1, 0.15) is 0 Å². The van der Waals surface area contributed by atoms with Crippen molar-refractivity contribution in [2.45, 2.75) is 0 Å². The first kappa shape index (κ1) is 10.5. The summed E-state index contributed by atoms with van der Waals surface area (Å²) in [4.78, 5) is 0. The predicted molar refractivity (Wildman–Crippen MR) is 55.9 cm³/mol. The second kappa shape index (κ2) is 4.09. The van der Waals surface area contributed by atoms with Crippen LogP contribution >= 0.6 is 30.0 Å². The predicted octanol–water partition coefficient (Wildman–Crippen LogP) is 2.56. The molecule has 5 heteroatoms. The molecule has 66 valence electrons. The fraction of sp³-hybridized carbons (Fsp3) is 0.143. The van der Waals surface area contributed by atoms with Crippen molar-refractivity contribution in [3.63, 3.8) is 0 Å². The second-order valence-corrected chi connectivity index (χ2v) is 17.4. The number of halogens is 3. The number of hydrogen-bond donors (Lipinski definition) is 0. The van der Waals surface area contributed by atoms with E-state index in [1.165, 1.54) is 0 Å². The minimum atomic E-state index is -3.18. The third kappa shape index (κ3) is 2.73. The number of rotatable bonds is 2. The monoisotopic (exact) mass is 286 g/mol. The van der Waals surface area contributed by atoms with E-state index in [1.54, 1.807) is 31.4 Å². The van der Waals surface area contributed by atoms with Gasteiger partial charge in [-0.3, -0.25) is 0 Å². The van der Waals surface area contributed by atoms with Gasteiger partial charge in [-0.15, -0.1) is 0 Å². The standard InChI is InChI=1S/C7H7Cl3GeO/c1-12-7-4-2-6(3-5-7)11(8,9)10/h2-5H,1H3. The SMILES string of the molecule is COc1cc[c]([Ge]([Cl])([Cl])[Cl])cc1. The fourth-order valence-corrected chi connectivity index (χ4v) is 3.89. The van der Waals surface area contributed by atoms with Gasteiger partial charge in [-0.25, -0.2) is 0 Å². The van der Waals surface area contributed by atoms with Gasteiger partial charge < -0.3 is 0 Å². The Morgan fingerprint density at radius 3 is 1.92 bits per heavy atom. The molecule has 0 saturated heterocycles. The van der Waals surface area contributed by atoms with Crippen molar-refractivity contribution in [1.82, 2.24) is 0 Å². The molecular formula is C7H7Cl3GeO. The van der Waals surface area contributed by atoms with Crippen LogP contribution in [0.25, 0.3) is 0 Å². The molecule has 0 fully saturated rings. The molecule has 0 aromatic heterocycles. The summed E-state index contributed by atoms with van der Waals surface area (Å²) in [5.41, 5.74) is 0. The first-order valence-electron chi connectivity index (χ1n) is 3.25. The summed E-state index contributed by atoms with van der Waals surface area (Å²) < 4.78 is 5.79. The van der Waals surface area contributed by atoms with E-state index in [9.17, 15) is 0 Å². The number of benzene rings is 1. The molecule has 1 rings (SSSR count). The van der Waals surface area contributed by atoms with E-state index in [1.807, 2.05) is 0 Å². The van der Waals surface area contributed by atoms with E-state index < -0.39 is 10.5 Å². The van der Waals surface area contributed by atoms with Crippen molar-refractivity contribution in [3.05, 3.63) is 24.3 Å². The van der Waals surface area contributed by atoms with Crippen LogP contribution in [-0.2, 0) is 0 Å². The summed E-state index contributed by atoms with van der Waals surface area (Å²) in [7, 11) is 15.9. The molecule has 1 nitrogen and oxygen atoms in total. The van der Waals surface area contributed by atoms with Crippen LogP contribution in [0.15, 0.2) is 24.3 Å². The van der Waals surface area contributed by atoms with Gasteiger partial charge in [0.15, 0.2) is 0 Å². The molecule has 0 aliphatic heterocycles. The van der Waals surface area contributed by atoms with Crippen molar-refractivity contribution in [2.75, 3.05) is 7.11 Å². The average molecular weight is 286 g/mol. The van der Waals surface area contributed by atoms with Gasteiger partial charge in [-0.2, -0.15) is 0 Å². The maximum atomic E-state index is 5.83. The van der Waals surface area contributed by atoms with Gasteiger partial charge in [-0.1, -0.05) is 0 Å². The van der Waals surface area contributed by atoms with Gasteiger partial charge in [0.05, 0.1) is 0 Å². The van der Waals surface area contributed by atoms with Crippen LogP contribution in [0.2, 0.25) is 0 Å². The zero-order valence-corrected chi connectivity index (χ0v) is 10.7. The Bertz CT molecular complexity index is 254. The van der Waals surface area contributed by atoms with Gasteiger partial charge in [-0.05, 0) is 0 Å². The van der Waals surface area contributed by atoms with Crippen molar-refractivity contribution >= 4 is 44.9 Å². The quantitative estimate of drug-likeness (QED) is 0.759. The van der Waals surface area contributed by atoms with Gasteiger partial charge in [0.2, 0.25) is 0 Å². The molecule has 0 aliphatic rings. The molecule has 0 atom stereocenters. The van der Waals surface area contributed by atoms with Crippen LogP contribution < -0.4 is 9.13 Å². The van der Waals surface area contributed by atoms with E-state index in [2.05, 4.69) is 0 Å². The van der Waals surface area contributed by atoms with E-state index in [4.69, 9.17) is 34.8 Å². The maximum absolute atomic E-state index is 5.83. The molecule has 0 N–H and O–H groups in total. The van der Waals surface area contributed by atoms with Crippen molar-refractivity contribution in [2.24, 2.45) is 0 Å². The summed E-state index contributed by atoms with van der Waals surface area (Å²) >= 11 is 0. The molecule has 0 heterocycles. The first-order valence-corrected chi connectivity index (χ1v) is 12.6. The van der Waals surface area contributed by atoms with E-state index in [0.29, 0.717) is 0 Å². The Hall–Kier alpha value is 0.433. The third-order valence-electron chi connectivity index (χ3n) is 1.42. The molecule has 0 aliphatic carbocycles. The van der Waals surface area contributed by atoms with E-state index in [-0.39, 0.29) is 0 Å². The molecule has 0 unspecified atom stereocenters. The Kier molecular flexibility index (Phi) is 3.59. The minimum absolute atomic E-state index is 0.774. The Balaban J connectivity index is 2.93. The van der Waals surface area contributed by atoms with Crippen LogP contribution in [0.3, 0.4) is 0 Å². The fourth-order valence-electron chi connectivity index (χ4n) is 0.780. The normalized spacial score (nSPS) is 11.3. The van der Waals surface area contributed by atoms with Crippen LogP contribution in [-0.4, -0.2) is 17.6 Å². The van der Waals surface area contributed by atoms with Gasteiger partial charge >= 0.3 is 86.8 Å². The van der Waals surface area contributed by atoms with E-state index >= 15 is 0 Å². The summed E-state index contributed by atoms with van der Waals surface area (Å²) in [6.45, 7) is 0. The summed E-state index contributed by atoms with van der Waals surface area (Å²) in [5, 5.41) is 0. The topological polar surface area (TPSA) is 9.23 Å². The number of methoxy groups -OCH3 is 1. The molecule has 1 aromatic rings. The van der Waals surface area contributed by atoms with Gasteiger partial charge in [0, 0.05) is 0 Å². The summed E-state index contributed by atoms with van der Waals surface area (Å²) in [6.07, 6.45) is 0. The summed E-state index contributed by atoms with van der Waals surface area (Å²) in [5.74, 6) is 0.774. The van der Waals surface area contributed by atoms with Crippen LogP contribution in [0.4, 0.5) is 0 Å². The second-order valence-electron chi connectivity index (χ2n) is 2.23. The Morgan fingerprint density at radius 1 is 1.08 bits per heavy atom. The van der Waals surface area contributed by atoms with Crippen molar-refractivity contribution in [1.29, 1.82) is 0 Å². The number of ether oxygens (including phenoxy) is 1. The first-order chi connectivity index (χ1) is 5.54. The van der Waals surface area contributed by atoms with Crippen LogP contribution in [0.1, 0.15) is 0 Å². The zero-order chi connectivity index (χ0) is 9.19. The van der Waals surface area contributed by atoms with E-state index in [0.717, 1.165) is 10.1 Å². The molecule has 0 amide bonds. The van der Waals surface area contributed by atoms with Crippen molar-refractivity contribution in [3.8, 4) is 5.75 Å². The molecule has 0 spiro atoms. The molecular weight excluding hydrogens is 279 g/mol. The summed E-state index contributed by atoms with van der Waals surface area (Å²) in [6, 6.07) is 7.18. The molecule has 0 saturated carbocycles. The van der Waals surface area contributed by atoms with Crippen LogP contribution in [0, 0.1) is 0 Å². The third-order valence-corrected chi connectivity index (χ3v) is 6.89. The number of hydrogen-bond acceptors (Lipinski definition) is 1. The average Bonchev–Trinajstić information content (AvgIpc) is 2.03. The zero-order valence-electron chi connectivity index (χ0n) is 6.35.